The van der Waals surface area contributed by atoms with Crippen molar-refractivity contribution in [3.8, 4) is 5.69 Å². The van der Waals surface area contributed by atoms with Crippen LogP contribution in [0.3, 0.4) is 0 Å². The van der Waals surface area contributed by atoms with E-state index in [0.29, 0.717) is 0 Å². The molecule has 0 saturated carbocycles. The average Bonchev–Trinajstić information content (AvgIpc) is 3.32. The molecule has 3 aromatic rings. The van der Waals surface area contributed by atoms with Gasteiger partial charge in [-0.2, -0.15) is 0 Å². The van der Waals surface area contributed by atoms with Crippen LogP contribution in [0.2, 0.25) is 0 Å². The van der Waals surface area contributed by atoms with Crippen molar-refractivity contribution in [3.05, 3.63) is 84.2 Å². The lowest BCUT2D eigenvalue weighted by Gasteiger charge is -2.29. The summed E-state index contributed by atoms with van der Waals surface area (Å²) in [5.74, 6) is -0.239. The van der Waals surface area contributed by atoms with Crippen LogP contribution in [0.1, 0.15) is 43.2 Å². The zero-order chi connectivity index (χ0) is 19.5. The predicted molar refractivity (Wildman–Crippen MR) is 113 cm³/mol. The standard InChI is InChI=1S/C22H23FN4S/c1-2-3-14-27-21(20(25-22(27)28)18-7-4-5-13-24-18)19-8-6-15-26(19)17-11-9-16(23)10-12-17/h4-13,15,20-21H,2-3,14H2,1H3,(H,25,28)/t20-,21+/m0/s1. The van der Waals surface area contributed by atoms with Crippen LogP contribution in [0.15, 0.2) is 67.0 Å². The highest BCUT2D eigenvalue weighted by Crippen LogP contribution is 2.39. The Bertz CT molecular complexity index is 939. The molecule has 0 amide bonds. The highest BCUT2D eigenvalue weighted by molar-refractivity contribution is 7.80. The van der Waals surface area contributed by atoms with Crippen LogP contribution in [0.5, 0.6) is 0 Å². The van der Waals surface area contributed by atoms with Crippen molar-refractivity contribution < 1.29 is 4.39 Å². The number of hydrogen-bond donors (Lipinski definition) is 1. The second kappa shape index (κ2) is 8.10. The highest BCUT2D eigenvalue weighted by atomic mass is 32.1. The van der Waals surface area contributed by atoms with Crippen LogP contribution >= 0.6 is 12.2 Å². The number of nitrogens with zero attached hydrogens (tertiary/aromatic N) is 3. The quantitative estimate of drug-likeness (QED) is 0.610. The van der Waals surface area contributed by atoms with Crippen LogP contribution in [0.25, 0.3) is 5.69 Å². The number of unbranched alkanes of at least 4 members (excludes halogenated alkanes) is 1. The van der Waals surface area contributed by atoms with Gasteiger partial charge in [-0.15, -0.1) is 0 Å². The largest absolute Gasteiger partial charge is 0.352 e. The zero-order valence-corrected chi connectivity index (χ0v) is 16.6. The number of pyridine rings is 1. The van der Waals surface area contributed by atoms with Gasteiger partial charge in [0.05, 0.1) is 17.8 Å². The Morgan fingerprint density at radius 3 is 2.64 bits per heavy atom. The van der Waals surface area contributed by atoms with Crippen LogP contribution in [-0.4, -0.2) is 26.1 Å². The van der Waals surface area contributed by atoms with Gasteiger partial charge in [-0.25, -0.2) is 4.39 Å². The summed E-state index contributed by atoms with van der Waals surface area (Å²) in [4.78, 5) is 6.83. The fraction of sp³-hybridized carbons (Fsp3) is 0.273. The minimum atomic E-state index is -0.239. The third-order valence-electron chi connectivity index (χ3n) is 5.14. The third-order valence-corrected chi connectivity index (χ3v) is 5.49. The summed E-state index contributed by atoms with van der Waals surface area (Å²) in [5, 5.41) is 4.23. The summed E-state index contributed by atoms with van der Waals surface area (Å²) in [5.41, 5.74) is 2.99. The van der Waals surface area contributed by atoms with E-state index in [0.717, 1.165) is 41.6 Å². The minimum absolute atomic E-state index is 0.00834. The first kappa shape index (κ1) is 18.6. The minimum Gasteiger partial charge on any atom is -0.352 e. The summed E-state index contributed by atoms with van der Waals surface area (Å²) in [6.07, 6.45) is 5.98. The van der Waals surface area contributed by atoms with Gasteiger partial charge in [0, 0.05) is 30.3 Å². The Hall–Kier alpha value is -2.73. The Kier molecular flexibility index (Phi) is 5.39. The van der Waals surface area contributed by atoms with E-state index in [-0.39, 0.29) is 17.9 Å². The zero-order valence-electron chi connectivity index (χ0n) is 15.8. The molecule has 0 unspecified atom stereocenters. The van der Waals surface area contributed by atoms with E-state index in [2.05, 4.69) is 32.8 Å². The molecule has 6 heteroatoms. The van der Waals surface area contributed by atoms with Crippen LogP contribution in [-0.2, 0) is 0 Å². The normalized spacial score (nSPS) is 19.1. The topological polar surface area (TPSA) is 33.1 Å². The molecule has 0 bridgehead atoms. The molecule has 0 spiro atoms. The summed E-state index contributed by atoms with van der Waals surface area (Å²) in [7, 11) is 0. The molecule has 1 fully saturated rings. The lowest BCUT2D eigenvalue weighted by Crippen LogP contribution is -2.31. The molecular formula is C22H23FN4S. The van der Waals surface area contributed by atoms with E-state index < -0.39 is 0 Å². The first-order valence-corrected chi connectivity index (χ1v) is 10.0. The number of rotatable bonds is 6. The molecule has 0 aliphatic carbocycles. The van der Waals surface area contributed by atoms with E-state index in [1.54, 1.807) is 12.1 Å². The maximum atomic E-state index is 13.4. The monoisotopic (exact) mass is 394 g/mol. The molecule has 1 aliphatic heterocycles. The van der Waals surface area contributed by atoms with Gasteiger partial charge in [-0.1, -0.05) is 19.4 Å². The molecule has 2 atom stereocenters. The summed E-state index contributed by atoms with van der Waals surface area (Å²) < 4.78 is 15.5. The molecular weight excluding hydrogens is 371 g/mol. The van der Waals surface area contributed by atoms with Crippen molar-refractivity contribution in [2.75, 3.05) is 6.54 Å². The molecule has 28 heavy (non-hydrogen) atoms. The molecule has 1 aromatic carbocycles. The van der Waals surface area contributed by atoms with Crippen molar-refractivity contribution in [1.82, 2.24) is 19.8 Å². The number of aromatic nitrogens is 2. The fourth-order valence-corrected chi connectivity index (χ4v) is 4.10. The van der Waals surface area contributed by atoms with Gasteiger partial charge in [-0.05, 0) is 67.2 Å². The van der Waals surface area contributed by atoms with Crippen LogP contribution in [0.4, 0.5) is 4.39 Å². The third kappa shape index (κ3) is 3.52. The summed E-state index contributed by atoms with van der Waals surface area (Å²) in [6.45, 7) is 3.06. The second-order valence-electron chi connectivity index (χ2n) is 6.95. The molecule has 3 heterocycles. The molecule has 1 aliphatic rings. The fourth-order valence-electron chi connectivity index (χ4n) is 3.77. The van der Waals surface area contributed by atoms with Gasteiger partial charge in [0.1, 0.15) is 5.82 Å². The van der Waals surface area contributed by atoms with Gasteiger partial charge < -0.3 is 14.8 Å². The molecule has 2 aromatic heterocycles. The van der Waals surface area contributed by atoms with Gasteiger partial charge in [-0.3, -0.25) is 4.98 Å². The average molecular weight is 395 g/mol. The second-order valence-corrected chi connectivity index (χ2v) is 7.34. The Labute approximate surface area is 170 Å². The number of benzene rings is 1. The Morgan fingerprint density at radius 1 is 1.11 bits per heavy atom. The first-order chi connectivity index (χ1) is 13.7. The van der Waals surface area contributed by atoms with E-state index >= 15 is 0 Å². The Balaban J connectivity index is 1.78. The lowest BCUT2D eigenvalue weighted by molar-refractivity contribution is 0.304. The SMILES string of the molecule is CCCCN1C(=S)N[C@@H](c2ccccn2)[C@H]1c1cccn1-c1ccc(F)cc1. The highest BCUT2D eigenvalue weighted by Gasteiger charge is 2.40. The number of nitrogens with one attached hydrogen (secondary N) is 1. The maximum Gasteiger partial charge on any atom is 0.170 e. The summed E-state index contributed by atoms with van der Waals surface area (Å²) >= 11 is 5.69. The molecule has 0 radical (unpaired) electrons. The van der Waals surface area contributed by atoms with Crippen LogP contribution < -0.4 is 5.32 Å². The van der Waals surface area contributed by atoms with E-state index in [1.165, 1.54) is 12.1 Å². The van der Waals surface area contributed by atoms with Crippen molar-refractivity contribution in [3.63, 3.8) is 0 Å². The molecule has 1 N–H and O–H groups in total. The number of halogens is 1. The maximum absolute atomic E-state index is 13.4. The van der Waals surface area contributed by atoms with Crippen LogP contribution in [0, 0.1) is 5.82 Å². The molecule has 1 saturated heterocycles. The van der Waals surface area contributed by atoms with Crippen molar-refractivity contribution in [2.24, 2.45) is 0 Å². The predicted octanol–water partition coefficient (Wildman–Crippen LogP) is 4.78. The van der Waals surface area contributed by atoms with Crippen molar-refractivity contribution >= 4 is 17.3 Å². The van der Waals surface area contributed by atoms with Gasteiger partial charge >= 0.3 is 0 Å². The smallest absolute Gasteiger partial charge is 0.170 e. The van der Waals surface area contributed by atoms with Gasteiger partial charge in [0.25, 0.3) is 0 Å². The van der Waals surface area contributed by atoms with E-state index in [9.17, 15) is 4.39 Å². The van der Waals surface area contributed by atoms with Crippen molar-refractivity contribution in [1.29, 1.82) is 0 Å². The van der Waals surface area contributed by atoms with Gasteiger partial charge in [0.15, 0.2) is 5.11 Å². The summed E-state index contributed by atoms with van der Waals surface area (Å²) in [6, 6.07) is 16.6. The van der Waals surface area contributed by atoms with Gasteiger partial charge in [0.2, 0.25) is 0 Å². The lowest BCUT2D eigenvalue weighted by atomic mass is 10.0. The number of hydrogen-bond acceptors (Lipinski definition) is 2. The molecule has 4 rings (SSSR count). The first-order valence-electron chi connectivity index (χ1n) is 9.60. The molecule has 144 valence electrons. The van der Waals surface area contributed by atoms with E-state index in [4.69, 9.17) is 12.2 Å². The van der Waals surface area contributed by atoms with Crippen molar-refractivity contribution in [2.45, 2.75) is 31.8 Å². The number of thiocarbonyl (C=S) groups is 1. The Morgan fingerprint density at radius 2 is 1.93 bits per heavy atom. The molecule has 4 nitrogen and oxygen atoms in total. The van der Waals surface area contributed by atoms with E-state index in [1.807, 2.05) is 36.7 Å².